The van der Waals surface area contributed by atoms with Crippen molar-refractivity contribution >= 4 is 15.9 Å². The van der Waals surface area contributed by atoms with E-state index in [0.29, 0.717) is 6.04 Å². The van der Waals surface area contributed by atoms with E-state index in [1.807, 2.05) is 6.92 Å². The van der Waals surface area contributed by atoms with Crippen molar-refractivity contribution in [2.45, 2.75) is 39.7 Å². The third-order valence-electron chi connectivity index (χ3n) is 3.64. The van der Waals surface area contributed by atoms with E-state index in [1.165, 1.54) is 11.1 Å². The Hall–Kier alpha value is -1.19. The third kappa shape index (κ3) is 4.65. The first-order chi connectivity index (χ1) is 10.1. The van der Waals surface area contributed by atoms with Crippen LogP contribution in [0, 0.1) is 13.8 Å². The van der Waals surface area contributed by atoms with Gasteiger partial charge in [0.05, 0.1) is 0 Å². The fourth-order valence-electron chi connectivity index (χ4n) is 2.53. The van der Waals surface area contributed by atoms with E-state index in [-0.39, 0.29) is 0 Å². The Morgan fingerprint density at radius 2 is 1.81 bits per heavy atom. The molecule has 1 atom stereocenters. The van der Waals surface area contributed by atoms with Crippen LogP contribution < -0.4 is 5.32 Å². The van der Waals surface area contributed by atoms with Crippen LogP contribution in [0.3, 0.4) is 0 Å². The van der Waals surface area contributed by atoms with Gasteiger partial charge in [-0.1, -0.05) is 41.1 Å². The molecule has 1 unspecified atom stereocenters. The zero-order chi connectivity index (χ0) is 15.2. The molecule has 0 aliphatic rings. The van der Waals surface area contributed by atoms with Crippen LogP contribution in [-0.4, -0.2) is 11.5 Å². The second-order valence-electron chi connectivity index (χ2n) is 5.46. The van der Waals surface area contributed by atoms with Crippen LogP contribution in [0.25, 0.3) is 0 Å². The first kappa shape index (κ1) is 16.2. The number of rotatable bonds is 6. The van der Waals surface area contributed by atoms with Gasteiger partial charge in [0.25, 0.3) is 0 Å². The van der Waals surface area contributed by atoms with Gasteiger partial charge in [0, 0.05) is 21.9 Å². The highest BCUT2D eigenvalue weighted by atomic mass is 79.9. The number of nitrogens with zero attached hydrogens (tertiary/aromatic N) is 1. The van der Waals surface area contributed by atoms with Crippen molar-refractivity contribution in [3.8, 4) is 0 Å². The van der Waals surface area contributed by atoms with Gasteiger partial charge in [-0.25, -0.2) is 0 Å². The van der Waals surface area contributed by atoms with Gasteiger partial charge in [-0.05, 0) is 62.6 Å². The van der Waals surface area contributed by atoms with Crippen LogP contribution >= 0.6 is 15.9 Å². The van der Waals surface area contributed by atoms with Gasteiger partial charge in [0.2, 0.25) is 0 Å². The average Bonchev–Trinajstić information content (AvgIpc) is 2.46. The van der Waals surface area contributed by atoms with E-state index >= 15 is 0 Å². The number of nitrogens with one attached hydrogen (secondary N) is 1. The molecule has 1 aromatic heterocycles. The normalized spacial score (nSPS) is 12.4. The fraction of sp³-hybridized carbons (Fsp3) is 0.389. The molecule has 0 radical (unpaired) electrons. The van der Waals surface area contributed by atoms with Crippen molar-refractivity contribution in [1.82, 2.24) is 10.3 Å². The highest BCUT2D eigenvalue weighted by Gasteiger charge is 2.14. The first-order valence-electron chi connectivity index (χ1n) is 7.52. The van der Waals surface area contributed by atoms with Crippen LogP contribution in [0.2, 0.25) is 0 Å². The van der Waals surface area contributed by atoms with Crippen molar-refractivity contribution in [1.29, 1.82) is 0 Å². The number of pyridine rings is 1. The Morgan fingerprint density at radius 1 is 1.10 bits per heavy atom. The lowest BCUT2D eigenvalue weighted by Gasteiger charge is -2.21. The summed E-state index contributed by atoms with van der Waals surface area (Å²) in [6.45, 7) is 7.36. The summed E-state index contributed by atoms with van der Waals surface area (Å²) in [6.07, 6.45) is 2.12. The predicted molar refractivity (Wildman–Crippen MR) is 92.6 cm³/mol. The van der Waals surface area contributed by atoms with Crippen LogP contribution in [0.15, 0.2) is 40.9 Å². The number of hydrogen-bond donors (Lipinski definition) is 1. The number of halogens is 1. The molecule has 0 bridgehead atoms. The van der Waals surface area contributed by atoms with E-state index in [0.717, 1.165) is 35.2 Å². The maximum atomic E-state index is 4.61. The maximum absolute atomic E-state index is 4.61. The summed E-state index contributed by atoms with van der Waals surface area (Å²) in [5.41, 5.74) is 4.85. The van der Waals surface area contributed by atoms with Gasteiger partial charge in [0.15, 0.2) is 0 Å². The molecule has 0 spiro atoms. The molecule has 3 heteroatoms. The van der Waals surface area contributed by atoms with Gasteiger partial charge in [-0.15, -0.1) is 0 Å². The number of benzene rings is 1. The monoisotopic (exact) mass is 346 g/mol. The van der Waals surface area contributed by atoms with E-state index in [2.05, 4.69) is 76.5 Å². The molecule has 1 N–H and O–H groups in total. The van der Waals surface area contributed by atoms with E-state index < -0.39 is 0 Å². The minimum atomic E-state index is 0.319. The molecule has 2 aromatic rings. The average molecular weight is 347 g/mol. The molecule has 0 amide bonds. The highest BCUT2D eigenvalue weighted by Crippen LogP contribution is 2.22. The Morgan fingerprint density at radius 3 is 2.43 bits per heavy atom. The van der Waals surface area contributed by atoms with Crippen LogP contribution in [0.4, 0.5) is 0 Å². The van der Waals surface area contributed by atoms with Gasteiger partial charge >= 0.3 is 0 Å². The van der Waals surface area contributed by atoms with Gasteiger partial charge in [-0.2, -0.15) is 0 Å². The van der Waals surface area contributed by atoms with Gasteiger partial charge in [0.1, 0.15) is 0 Å². The molecule has 0 fully saturated rings. The minimum absolute atomic E-state index is 0.319. The molecular weight excluding hydrogens is 324 g/mol. The largest absolute Gasteiger partial charge is 0.310 e. The summed E-state index contributed by atoms with van der Waals surface area (Å²) in [5, 5.41) is 3.66. The fourth-order valence-corrected chi connectivity index (χ4v) is 2.80. The number of aromatic nitrogens is 1. The molecule has 1 aromatic carbocycles. The van der Waals surface area contributed by atoms with E-state index in [1.54, 1.807) is 0 Å². The topological polar surface area (TPSA) is 24.9 Å². The second-order valence-corrected chi connectivity index (χ2v) is 6.38. The van der Waals surface area contributed by atoms with Crippen LogP contribution in [0.5, 0.6) is 0 Å². The summed E-state index contributed by atoms with van der Waals surface area (Å²) in [6, 6.07) is 13.2. The lowest BCUT2D eigenvalue weighted by Crippen LogP contribution is -2.25. The molecule has 21 heavy (non-hydrogen) atoms. The SMILES string of the molecule is CCCNC(Cc1ccc(Br)cc1)c1ccc(C)nc1C. The van der Waals surface area contributed by atoms with Crippen molar-refractivity contribution in [3.05, 3.63) is 63.4 Å². The zero-order valence-corrected chi connectivity index (χ0v) is 14.6. The summed E-state index contributed by atoms with van der Waals surface area (Å²) in [7, 11) is 0. The molecule has 0 saturated carbocycles. The zero-order valence-electron chi connectivity index (χ0n) is 13.0. The van der Waals surface area contributed by atoms with E-state index in [9.17, 15) is 0 Å². The lowest BCUT2D eigenvalue weighted by molar-refractivity contribution is 0.525. The Kier molecular flexibility index (Phi) is 5.95. The summed E-state index contributed by atoms with van der Waals surface area (Å²) in [4.78, 5) is 4.61. The Balaban J connectivity index is 2.22. The van der Waals surface area contributed by atoms with Crippen LogP contribution in [-0.2, 0) is 6.42 Å². The standard InChI is InChI=1S/C18H23BrN2/c1-4-11-20-18(12-15-6-8-16(19)9-7-15)17-10-5-13(2)21-14(17)3/h5-10,18,20H,4,11-12H2,1-3H3. The number of aryl methyl sites for hydroxylation is 2. The molecule has 0 saturated heterocycles. The quantitative estimate of drug-likeness (QED) is 0.816. The van der Waals surface area contributed by atoms with Gasteiger partial charge in [-0.3, -0.25) is 4.98 Å². The molecule has 2 rings (SSSR count). The first-order valence-corrected chi connectivity index (χ1v) is 8.31. The molecule has 0 aliphatic carbocycles. The summed E-state index contributed by atoms with van der Waals surface area (Å²) < 4.78 is 1.12. The number of hydrogen-bond acceptors (Lipinski definition) is 2. The van der Waals surface area contributed by atoms with Crippen molar-refractivity contribution in [2.75, 3.05) is 6.54 Å². The molecule has 1 heterocycles. The smallest absolute Gasteiger partial charge is 0.0423 e. The van der Waals surface area contributed by atoms with E-state index in [4.69, 9.17) is 0 Å². The highest BCUT2D eigenvalue weighted by molar-refractivity contribution is 9.10. The predicted octanol–water partition coefficient (Wildman–Crippen LogP) is 4.74. The Labute approximate surface area is 136 Å². The van der Waals surface area contributed by atoms with Crippen molar-refractivity contribution < 1.29 is 0 Å². The van der Waals surface area contributed by atoms with Crippen molar-refractivity contribution in [2.24, 2.45) is 0 Å². The molecule has 2 nitrogen and oxygen atoms in total. The minimum Gasteiger partial charge on any atom is -0.310 e. The van der Waals surface area contributed by atoms with Crippen LogP contribution in [0.1, 0.15) is 41.9 Å². The Bertz CT molecular complexity index is 578. The summed E-state index contributed by atoms with van der Waals surface area (Å²) >= 11 is 3.49. The molecule has 112 valence electrons. The lowest BCUT2D eigenvalue weighted by atomic mass is 9.97. The van der Waals surface area contributed by atoms with Gasteiger partial charge < -0.3 is 5.32 Å². The van der Waals surface area contributed by atoms with Crippen molar-refractivity contribution in [3.63, 3.8) is 0 Å². The summed E-state index contributed by atoms with van der Waals surface area (Å²) in [5.74, 6) is 0. The molecular formula is C18H23BrN2. The second kappa shape index (κ2) is 7.71. The molecule has 0 aliphatic heterocycles. The third-order valence-corrected chi connectivity index (χ3v) is 4.16. The maximum Gasteiger partial charge on any atom is 0.0423 e.